The number of hydrogen-bond acceptors (Lipinski definition) is 6. The summed E-state index contributed by atoms with van der Waals surface area (Å²) < 4.78 is 0. The third-order valence-corrected chi connectivity index (χ3v) is 2.30. The molecular formula is C10H16N4O3. The van der Waals surface area contributed by atoms with Gasteiger partial charge in [-0.15, -0.1) is 0 Å². The van der Waals surface area contributed by atoms with Gasteiger partial charge in [-0.05, 0) is 26.3 Å². The Balaban J connectivity index is 2.88. The van der Waals surface area contributed by atoms with Crippen LogP contribution in [0.1, 0.15) is 20.3 Å². The number of anilines is 2. The van der Waals surface area contributed by atoms with Gasteiger partial charge in [-0.1, -0.05) is 0 Å². The summed E-state index contributed by atoms with van der Waals surface area (Å²) in [5.41, 5.74) is 4.90. The van der Waals surface area contributed by atoms with Crippen molar-refractivity contribution in [3.8, 4) is 0 Å². The van der Waals surface area contributed by atoms with Crippen molar-refractivity contribution < 1.29 is 10.0 Å². The van der Waals surface area contributed by atoms with Crippen LogP contribution in [0, 0.1) is 10.1 Å². The second kappa shape index (κ2) is 4.96. The maximum Gasteiger partial charge on any atom is 0.311 e. The van der Waals surface area contributed by atoms with Crippen molar-refractivity contribution >= 4 is 17.3 Å². The summed E-state index contributed by atoms with van der Waals surface area (Å²) in [7, 11) is 0. The van der Waals surface area contributed by atoms with Crippen molar-refractivity contribution in [3.05, 3.63) is 22.2 Å². The van der Waals surface area contributed by atoms with Crippen LogP contribution in [-0.4, -0.2) is 27.2 Å². The Morgan fingerprint density at radius 3 is 2.71 bits per heavy atom. The number of nitrogens with one attached hydrogen (secondary N) is 1. The smallest absolute Gasteiger partial charge is 0.311 e. The van der Waals surface area contributed by atoms with Gasteiger partial charge in [0.1, 0.15) is 5.82 Å². The van der Waals surface area contributed by atoms with Gasteiger partial charge in [0.15, 0.2) is 0 Å². The van der Waals surface area contributed by atoms with Crippen LogP contribution >= 0.6 is 0 Å². The van der Waals surface area contributed by atoms with E-state index in [4.69, 9.17) is 10.8 Å². The third kappa shape index (κ3) is 3.56. The zero-order chi connectivity index (χ0) is 13.1. The molecule has 0 saturated carbocycles. The minimum Gasteiger partial charge on any atom is -0.396 e. The number of hydrogen-bond donors (Lipinski definition) is 3. The van der Waals surface area contributed by atoms with Crippen LogP contribution in [0.4, 0.5) is 17.3 Å². The zero-order valence-corrected chi connectivity index (χ0v) is 9.80. The van der Waals surface area contributed by atoms with E-state index in [0.717, 1.165) is 0 Å². The molecule has 1 aromatic heterocycles. The van der Waals surface area contributed by atoms with Gasteiger partial charge in [0.25, 0.3) is 0 Å². The topological polar surface area (TPSA) is 114 Å². The zero-order valence-electron chi connectivity index (χ0n) is 9.80. The molecule has 0 radical (unpaired) electrons. The summed E-state index contributed by atoms with van der Waals surface area (Å²) in [4.78, 5) is 13.9. The van der Waals surface area contributed by atoms with Gasteiger partial charge in [-0.25, -0.2) is 4.98 Å². The average molecular weight is 240 g/mol. The molecule has 1 aromatic rings. The van der Waals surface area contributed by atoms with Crippen molar-refractivity contribution in [2.45, 2.75) is 25.8 Å². The molecule has 94 valence electrons. The van der Waals surface area contributed by atoms with Gasteiger partial charge in [0, 0.05) is 18.2 Å². The molecule has 0 amide bonds. The predicted molar refractivity (Wildman–Crippen MR) is 64.7 cm³/mol. The Labute approximate surface area is 98.8 Å². The van der Waals surface area contributed by atoms with Crippen molar-refractivity contribution in [1.29, 1.82) is 0 Å². The third-order valence-electron chi connectivity index (χ3n) is 2.30. The fourth-order valence-corrected chi connectivity index (χ4v) is 1.38. The van der Waals surface area contributed by atoms with E-state index >= 15 is 0 Å². The first-order valence-electron chi connectivity index (χ1n) is 5.16. The van der Waals surface area contributed by atoms with Gasteiger partial charge in [-0.3, -0.25) is 10.1 Å². The van der Waals surface area contributed by atoms with E-state index in [1.807, 2.05) is 13.8 Å². The summed E-state index contributed by atoms with van der Waals surface area (Å²) in [6, 6.07) is 2.80. The van der Waals surface area contributed by atoms with E-state index in [-0.39, 0.29) is 23.7 Å². The summed E-state index contributed by atoms with van der Waals surface area (Å²) >= 11 is 0. The fraction of sp³-hybridized carbons (Fsp3) is 0.500. The minimum atomic E-state index is -0.578. The summed E-state index contributed by atoms with van der Waals surface area (Å²) in [6.45, 7) is 3.83. The molecule has 0 aromatic carbocycles. The van der Waals surface area contributed by atoms with Crippen LogP contribution in [0.2, 0.25) is 0 Å². The Morgan fingerprint density at radius 2 is 2.24 bits per heavy atom. The number of nitrogens with two attached hydrogens (primary N) is 1. The lowest BCUT2D eigenvalue weighted by Crippen LogP contribution is -2.32. The Kier molecular flexibility index (Phi) is 3.84. The van der Waals surface area contributed by atoms with Crippen LogP contribution in [0.15, 0.2) is 12.1 Å². The monoisotopic (exact) mass is 240 g/mol. The van der Waals surface area contributed by atoms with Crippen LogP contribution in [0.25, 0.3) is 0 Å². The summed E-state index contributed by atoms with van der Waals surface area (Å²) in [5.74, 6) is 0.325. The number of aliphatic hydroxyl groups excluding tert-OH is 1. The van der Waals surface area contributed by atoms with Crippen molar-refractivity contribution in [2.75, 3.05) is 17.7 Å². The number of aliphatic hydroxyl groups is 1. The lowest BCUT2D eigenvalue weighted by Gasteiger charge is -2.25. The minimum absolute atomic E-state index is 0.0441. The number of aromatic nitrogens is 1. The molecule has 0 aliphatic rings. The highest BCUT2D eigenvalue weighted by molar-refractivity contribution is 5.57. The lowest BCUT2D eigenvalue weighted by molar-refractivity contribution is -0.384. The van der Waals surface area contributed by atoms with E-state index in [2.05, 4.69) is 10.3 Å². The van der Waals surface area contributed by atoms with Crippen LogP contribution in [0.5, 0.6) is 0 Å². The molecule has 0 aliphatic heterocycles. The van der Waals surface area contributed by atoms with Crippen molar-refractivity contribution in [1.82, 2.24) is 4.98 Å². The maximum atomic E-state index is 10.6. The highest BCUT2D eigenvalue weighted by Crippen LogP contribution is 2.23. The van der Waals surface area contributed by atoms with Crippen LogP contribution < -0.4 is 11.1 Å². The summed E-state index contributed by atoms with van der Waals surface area (Å²) in [5, 5.41) is 22.5. The molecule has 1 heterocycles. The second-order valence-corrected chi connectivity index (χ2v) is 4.34. The van der Waals surface area contributed by atoms with E-state index in [1.165, 1.54) is 12.1 Å². The molecule has 0 unspecified atom stereocenters. The van der Waals surface area contributed by atoms with Crippen LogP contribution in [0.3, 0.4) is 0 Å². The Bertz CT molecular complexity index is 420. The van der Waals surface area contributed by atoms with Gasteiger partial charge in [0.2, 0.25) is 5.82 Å². The molecule has 0 aliphatic carbocycles. The van der Waals surface area contributed by atoms with Gasteiger partial charge >= 0.3 is 5.69 Å². The SMILES string of the molecule is CC(C)(CCO)Nc1ccc([N+](=O)[O-])c(N)n1. The van der Waals surface area contributed by atoms with E-state index in [0.29, 0.717) is 12.2 Å². The highest BCUT2D eigenvalue weighted by Gasteiger charge is 2.19. The number of pyridine rings is 1. The predicted octanol–water partition coefficient (Wildman–Crippen LogP) is 1.14. The number of nitrogens with zero attached hydrogens (tertiary/aromatic N) is 2. The first kappa shape index (κ1) is 13.2. The maximum absolute atomic E-state index is 10.6. The standard InChI is InChI=1S/C10H16N4O3/c1-10(2,5-6-15)13-8-4-3-7(14(16)17)9(11)12-8/h3-4,15H,5-6H2,1-2H3,(H3,11,12,13). The molecule has 1 rings (SSSR count). The van der Waals surface area contributed by atoms with Gasteiger partial charge in [0.05, 0.1) is 4.92 Å². The molecule has 7 heteroatoms. The van der Waals surface area contributed by atoms with Gasteiger partial charge < -0.3 is 16.2 Å². The first-order valence-corrected chi connectivity index (χ1v) is 5.16. The molecule has 7 nitrogen and oxygen atoms in total. The average Bonchev–Trinajstić information content (AvgIpc) is 2.15. The van der Waals surface area contributed by atoms with Crippen molar-refractivity contribution in [3.63, 3.8) is 0 Å². The molecule has 0 spiro atoms. The van der Waals surface area contributed by atoms with E-state index in [9.17, 15) is 10.1 Å². The fourth-order valence-electron chi connectivity index (χ4n) is 1.38. The quantitative estimate of drug-likeness (QED) is 0.525. The Morgan fingerprint density at radius 1 is 1.59 bits per heavy atom. The van der Waals surface area contributed by atoms with Crippen molar-refractivity contribution in [2.24, 2.45) is 0 Å². The molecular weight excluding hydrogens is 224 g/mol. The first-order chi connectivity index (χ1) is 7.85. The van der Waals surface area contributed by atoms with E-state index < -0.39 is 4.92 Å². The normalized spacial score (nSPS) is 11.2. The second-order valence-electron chi connectivity index (χ2n) is 4.34. The lowest BCUT2D eigenvalue weighted by atomic mass is 10.0. The highest BCUT2D eigenvalue weighted by atomic mass is 16.6. The number of rotatable bonds is 5. The number of nitro groups is 1. The Hall–Kier alpha value is -1.89. The molecule has 0 atom stereocenters. The summed E-state index contributed by atoms with van der Waals surface area (Å²) in [6.07, 6.45) is 0.533. The molecule has 0 saturated heterocycles. The van der Waals surface area contributed by atoms with Gasteiger partial charge in [-0.2, -0.15) is 0 Å². The molecule has 0 bridgehead atoms. The van der Waals surface area contributed by atoms with E-state index in [1.54, 1.807) is 0 Å². The molecule has 0 fully saturated rings. The largest absolute Gasteiger partial charge is 0.396 e. The molecule has 17 heavy (non-hydrogen) atoms. The van der Waals surface area contributed by atoms with Crippen LogP contribution in [-0.2, 0) is 0 Å². The number of nitrogen functional groups attached to an aromatic ring is 1. The molecule has 4 N–H and O–H groups in total.